The molecule has 0 spiro atoms. The molecule has 0 aliphatic rings. The van der Waals surface area contributed by atoms with Crippen molar-refractivity contribution in [2.75, 3.05) is 14.1 Å². The Hall–Kier alpha value is -0.466. The fourth-order valence-electron chi connectivity index (χ4n) is 0.766. The smallest absolute Gasteiger partial charge is 0.145 e. The van der Waals surface area contributed by atoms with E-state index in [9.17, 15) is 4.79 Å². The Balaban J connectivity index is 0.00000169. The molecule has 0 atom stereocenters. The summed E-state index contributed by atoms with van der Waals surface area (Å²) in [4.78, 5) is 12.6. The summed E-state index contributed by atoms with van der Waals surface area (Å²) < 4.78 is 0. The van der Waals surface area contributed by atoms with Crippen LogP contribution in [0.15, 0.2) is 24.3 Å². The third-order valence-corrected chi connectivity index (χ3v) is 1.49. The molecule has 0 N–H and O–H groups in total. The van der Waals surface area contributed by atoms with E-state index in [1.54, 1.807) is 26.2 Å². The molecule has 0 unspecified atom stereocenters. The minimum Gasteiger partial charge on any atom is -0.362 e. The minimum absolute atomic E-state index is 0. The number of hydrogen-bond acceptors (Lipinski definition) is 1. The van der Waals surface area contributed by atoms with Gasteiger partial charge in [-0.15, -0.1) is 6.07 Å². The topological polar surface area (TPSA) is 20.3 Å². The molecule has 71 valence electrons. The molecule has 0 saturated carbocycles. The van der Waals surface area contributed by atoms with Crippen LogP contribution < -0.4 is 0 Å². The van der Waals surface area contributed by atoms with Gasteiger partial charge in [-0.1, -0.05) is 0 Å². The quantitative estimate of drug-likeness (QED) is 0.582. The van der Waals surface area contributed by atoms with Crippen LogP contribution in [0.25, 0.3) is 6.08 Å². The van der Waals surface area contributed by atoms with Crippen molar-refractivity contribution in [2.24, 2.45) is 0 Å². The first-order valence-corrected chi connectivity index (χ1v) is 3.98. The first-order chi connectivity index (χ1) is 6.20. The van der Waals surface area contributed by atoms with Crippen LogP contribution in [-0.2, 0) is 37.5 Å². The maximum Gasteiger partial charge on any atom is 0.145 e. The number of benzene rings is 1. The van der Waals surface area contributed by atoms with Gasteiger partial charge in [-0.2, -0.15) is 12.1 Å². The van der Waals surface area contributed by atoms with Crippen molar-refractivity contribution in [3.8, 4) is 0 Å². The molecule has 2 nitrogen and oxygen atoms in total. The zero-order valence-electron chi connectivity index (χ0n) is 8.32. The van der Waals surface area contributed by atoms with Crippen molar-refractivity contribution in [1.82, 2.24) is 4.90 Å². The van der Waals surface area contributed by atoms with Gasteiger partial charge in [0.1, 0.15) is 5.91 Å². The number of likely N-dealkylation sites (N-methyl/N-ethyl adjacent to an activating group) is 1. The first-order valence-electron chi connectivity index (χ1n) is 3.98. The molecular weight excluding hydrogens is 251 g/mol. The van der Waals surface area contributed by atoms with E-state index in [0.717, 1.165) is 5.56 Å². The number of hydrogen-bond donors (Lipinski definition) is 0. The van der Waals surface area contributed by atoms with Crippen molar-refractivity contribution in [3.63, 3.8) is 0 Å². The number of carbonyl (C=O) groups is 1. The van der Waals surface area contributed by atoms with E-state index < -0.39 is 0 Å². The molecule has 0 fully saturated rings. The van der Waals surface area contributed by atoms with Gasteiger partial charge in [0.25, 0.3) is 0 Å². The summed E-state index contributed by atoms with van der Waals surface area (Å²) in [6, 6.07) is 10.4. The third kappa shape index (κ3) is 4.68. The summed E-state index contributed by atoms with van der Waals surface area (Å²) in [5.74, 6) is -0.141. The van der Waals surface area contributed by atoms with Crippen LogP contribution in [0.5, 0.6) is 0 Å². The Morgan fingerprint density at radius 2 is 2.21 bits per heavy atom. The van der Waals surface area contributed by atoms with Crippen molar-refractivity contribution in [2.45, 2.75) is 0 Å². The van der Waals surface area contributed by atoms with Crippen molar-refractivity contribution >= 4 is 12.0 Å². The van der Waals surface area contributed by atoms with Gasteiger partial charge in [-0.3, -0.25) is 4.79 Å². The van der Waals surface area contributed by atoms with Crippen LogP contribution in [-0.4, -0.2) is 24.9 Å². The van der Waals surface area contributed by atoms with E-state index >= 15 is 0 Å². The maximum atomic E-state index is 11.1. The van der Waals surface area contributed by atoms with Crippen LogP contribution >= 0.6 is 0 Å². The summed E-state index contributed by atoms with van der Waals surface area (Å²) in [5, 5.41) is 0. The molecule has 0 aliphatic heterocycles. The average Bonchev–Trinajstić information content (AvgIpc) is 2.15. The zero-order chi connectivity index (χ0) is 9.68. The van der Waals surface area contributed by atoms with Gasteiger partial charge in [0.15, 0.2) is 0 Å². The molecule has 1 amide bonds. The van der Waals surface area contributed by atoms with E-state index in [1.807, 2.05) is 18.2 Å². The van der Waals surface area contributed by atoms with Crippen LogP contribution in [0.2, 0.25) is 0 Å². The molecule has 0 saturated heterocycles. The van der Waals surface area contributed by atoms with E-state index in [1.165, 1.54) is 4.90 Å². The van der Waals surface area contributed by atoms with Crippen LogP contribution in [0.1, 0.15) is 5.56 Å². The summed E-state index contributed by atoms with van der Waals surface area (Å²) in [7, 11) is 3.38. The minimum atomic E-state index is -0.141. The molecule has 1 radical (unpaired) electrons. The first kappa shape index (κ1) is 13.5. The second-order valence-electron chi connectivity index (χ2n) is 2.81. The molecule has 3 heteroatoms. The second-order valence-corrected chi connectivity index (χ2v) is 2.81. The standard InChI is InChI=1S/C11H11NO.Y/c1-12(2)11(13)9-8-10-6-4-3-5-7-10;/h3-6,8H,1-2H3;/q-2;. The van der Waals surface area contributed by atoms with Crippen LogP contribution in [0.3, 0.4) is 0 Å². The van der Waals surface area contributed by atoms with Crippen molar-refractivity contribution < 1.29 is 37.5 Å². The second kappa shape index (κ2) is 6.91. The summed E-state index contributed by atoms with van der Waals surface area (Å²) in [5.41, 5.74) is 0.859. The Morgan fingerprint density at radius 1 is 1.50 bits per heavy atom. The van der Waals surface area contributed by atoms with Crippen LogP contribution in [0.4, 0.5) is 0 Å². The van der Waals surface area contributed by atoms with Gasteiger partial charge in [0.2, 0.25) is 0 Å². The molecule has 1 aromatic carbocycles. The number of rotatable bonds is 2. The van der Waals surface area contributed by atoms with E-state index in [4.69, 9.17) is 0 Å². The monoisotopic (exact) mass is 262 g/mol. The Morgan fingerprint density at radius 3 is 2.71 bits per heavy atom. The Kier molecular flexibility index (Phi) is 6.68. The third-order valence-electron chi connectivity index (χ3n) is 1.49. The van der Waals surface area contributed by atoms with Crippen LogP contribution in [0, 0.1) is 12.1 Å². The van der Waals surface area contributed by atoms with Gasteiger partial charge < -0.3 is 16.5 Å². The summed E-state index contributed by atoms with van der Waals surface area (Å²) >= 11 is 0. The van der Waals surface area contributed by atoms with E-state index in [0.29, 0.717) is 0 Å². The van der Waals surface area contributed by atoms with E-state index in [2.05, 4.69) is 12.1 Å². The predicted molar refractivity (Wildman–Crippen MR) is 51.7 cm³/mol. The molecule has 1 rings (SSSR count). The molecule has 1 aromatic rings. The fraction of sp³-hybridized carbons (Fsp3) is 0.182. The summed E-state index contributed by atoms with van der Waals surface area (Å²) in [6.07, 6.45) is 4.26. The van der Waals surface area contributed by atoms with Gasteiger partial charge in [0.05, 0.1) is 0 Å². The number of carbonyl (C=O) groups excluding carboxylic acids is 1. The summed E-state index contributed by atoms with van der Waals surface area (Å²) in [6.45, 7) is 0. The molecule has 0 aromatic heterocycles. The average molecular weight is 262 g/mol. The van der Waals surface area contributed by atoms with E-state index in [-0.39, 0.29) is 38.6 Å². The molecule has 0 bridgehead atoms. The molecule has 14 heavy (non-hydrogen) atoms. The van der Waals surface area contributed by atoms with Gasteiger partial charge in [0, 0.05) is 46.8 Å². The molecule has 0 heterocycles. The predicted octanol–water partition coefficient (Wildman–Crippen LogP) is 1.39. The maximum absolute atomic E-state index is 11.1. The van der Waals surface area contributed by atoms with Crippen molar-refractivity contribution in [1.29, 1.82) is 0 Å². The fourth-order valence-corrected chi connectivity index (χ4v) is 0.766. The Labute approximate surface area is 110 Å². The van der Waals surface area contributed by atoms with Gasteiger partial charge in [-0.05, 0) is 0 Å². The van der Waals surface area contributed by atoms with Gasteiger partial charge >= 0.3 is 0 Å². The van der Waals surface area contributed by atoms with Gasteiger partial charge in [-0.25, -0.2) is 18.2 Å². The van der Waals surface area contributed by atoms with Crippen molar-refractivity contribution in [3.05, 3.63) is 42.0 Å². The molecule has 0 aliphatic carbocycles. The Bertz CT molecular complexity index is 306. The largest absolute Gasteiger partial charge is 0.362 e. The zero-order valence-corrected chi connectivity index (χ0v) is 11.2. The number of amides is 1. The normalized spacial score (nSPS) is 9.57. The number of nitrogens with zero attached hydrogens (tertiary/aromatic N) is 1. The molecular formula is C11H11NOY-2. The SMILES string of the molecule is CN(C)C(=O)[C-]=Cc1[c-]cccc1.[Y].